The van der Waals surface area contributed by atoms with Crippen LogP contribution in [0.5, 0.6) is 0 Å². The maximum Gasteiger partial charge on any atom is 0.218 e. The molecule has 0 fully saturated rings. The van der Waals surface area contributed by atoms with Crippen LogP contribution in [0.3, 0.4) is 0 Å². The molecular formula is C9H6BrN5. The van der Waals surface area contributed by atoms with Crippen molar-refractivity contribution in [2.75, 3.05) is 5.73 Å². The van der Waals surface area contributed by atoms with E-state index < -0.39 is 0 Å². The number of nitriles is 1. The van der Waals surface area contributed by atoms with Crippen LogP contribution in [0.25, 0.3) is 5.82 Å². The first-order valence-corrected chi connectivity index (χ1v) is 4.86. The number of nitrogen functional groups attached to an aromatic ring is 1. The summed E-state index contributed by atoms with van der Waals surface area (Å²) in [5.41, 5.74) is 6.27. The van der Waals surface area contributed by atoms with E-state index in [0.717, 1.165) is 4.47 Å². The molecule has 2 rings (SSSR count). The first-order valence-electron chi connectivity index (χ1n) is 4.07. The molecule has 0 radical (unpaired) electrons. The molecule has 2 N–H and O–H groups in total. The van der Waals surface area contributed by atoms with E-state index in [-0.39, 0.29) is 5.82 Å². The van der Waals surface area contributed by atoms with Crippen molar-refractivity contribution in [3.8, 4) is 11.9 Å². The summed E-state index contributed by atoms with van der Waals surface area (Å²) in [6, 6.07) is 3.69. The van der Waals surface area contributed by atoms with Crippen molar-refractivity contribution < 1.29 is 0 Å². The third-order valence-corrected chi connectivity index (χ3v) is 2.26. The molecule has 0 atom stereocenters. The highest BCUT2D eigenvalue weighted by molar-refractivity contribution is 9.10. The second kappa shape index (κ2) is 3.71. The summed E-state index contributed by atoms with van der Waals surface area (Å²) in [6.07, 6.45) is 4.79. The Kier molecular flexibility index (Phi) is 2.39. The number of hydrogen-bond acceptors (Lipinski definition) is 4. The number of pyridine rings is 1. The van der Waals surface area contributed by atoms with Gasteiger partial charge < -0.3 is 5.73 Å². The predicted molar refractivity (Wildman–Crippen MR) is 58.2 cm³/mol. The summed E-state index contributed by atoms with van der Waals surface area (Å²) < 4.78 is 2.34. The third kappa shape index (κ3) is 1.69. The molecule has 0 saturated heterocycles. The van der Waals surface area contributed by atoms with E-state index in [1.165, 1.54) is 6.20 Å². The van der Waals surface area contributed by atoms with E-state index in [1.807, 2.05) is 6.07 Å². The van der Waals surface area contributed by atoms with Crippen molar-refractivity contribution in [2.45, 2.75) is 0 Å². The summed E-state index contributed by atoms with van der Waals surface area (Å²) in [5.74, 6) is 0.767. The van der Waals surface area contributed by atoms with Gasteiger partial charge in [0.05, 0.1) is 5.69 Å². The molecule has 74 valence electrons. The van der Waals surface area contributed by atoms with Gasteiger partial charge in [0.25, 0.3) is 0 Å². The molecular weight excluding hydrogens is 258 g/mol. The standard InChI is InChI=1S/C9H6BrN5/c10-6-3-7(12)9(14-5-6)15-2-1-13-8(15)4-11/h1-3,5H,12H2. The van der Waals surface area contributed by atoms with Gasteiger partial charge in [-0.05, 0) is 22.0 Å². The Balaban J connectivity index is 2.60. The fraction of sp³-hybridized carbons (Fsp3) is 0. The smallest absolute Gasteiger partial charge is 0.218 e. The minimum Gasteiger partial charge on any atom is -0.396 e. The Labute approximate surface area is 94.3 Å². The zero-order valence-corrected chi connectivity index (χ0v) is 9.14. The van der Waals surface area contributed by atoms with Crippen LogP contribution in [0.4, 0.5) is 5.69 Å². The highest BCUT2D eigenvalue weighted by Crippen LogP contribution is 2.19. The fourth-order valence-corrected chi connectivity index (χ4v) is 1.56. The molecule has 0 bridgehead atoms. The minimum atomic E-state index is 0.261. The largest absolute Gasteiger partial charge is 0.396 e. The summed E-state index contributed by atoms with van der Waals surface area (Å²) >= 11 is 3.26. The zero-order valence-electron chi connectivity index (χ0n) is 7.55. The first-order chi connectivity index (χ1) is 7.22. The highest BCUT2D eigenvalue weighted by atomic mass is 79.9. The van der Waals surface area contributed by atoms with Gasteiger partial charge in [-0.25, -0.2) is 9.97 Å². The molecule has 0 aliphatic rings. The lowest BCUT2D eigenvalue weighted by atomic mass is 10.4. The third-order valence-electron chi connectivity index (χ3n) is 1.83. The van der Waals surface area contributed by atoms with Gasteiger partial charge in [-0.3, -0.25) is 4.57 Å². The quantitative estimate of drug-likeness (QED) is 0.845. The average molecular weight is 264 g/mol. The average Bonchev–Trinajstić information content (AvgIpc) is 2.65. The Morgan fingerprint density at radius 2 is 2.27 bits per heavy atom. The number of nitrogens with two attached hydrogens (primary N) is 1. The monoisotopic (exact) mass is 263 g/mol. The number of nitrogens with zero attached hydrogens (tertiary/aromatic N) is 4. The van der Waals surface area contributed by atoms with Gasteiger partial charge in [-0.1, -0.05) is 0 Å². The maximum atomic E-state index is 8.80. The van der Waals surface area contributed by atoms with E-state index in [2.05, 4.69) is 25.9 Å². The second-order valence-corrected chi connectivity index (χ2v) is 3.71. The van der Waals surface area contributed by atoms with Gasteiger partial charge in [0.1, 0.15) is 6.07 Å². The Morgan fingerprint density at radius 1 is 1.47 bits per heavy atom. The lowest BCUT2D eigenvalue weighted by molar-refractivity contribution is 0.969. The lowest BCUT2D eigenvalue weighted by Crippen LogP contribution is -2.03. The number of anilines is 1. The Morgan fingerprint density at radius 3 is 2.93 bits per heavy atom. The van der Waals surface area contributed by atoms with Crippen LogP contribution in [0.1, 0.15) is 5.82 Å². The Hall–Kier alpha value is -1.87. The molecule has 6 heteroatoms. The van der Waals surface area contributed by atoms with Crippen molar-refractivity contribution in [1.29, 1.82) is 5.26 Å². The van der Waals surface area contributed by atoms with Crippen LogP contribution >= 0.6 is 15.9 Å². The number of imidazole rings is 1. The highest BCUT2D eigenvalue weighted by Gasteiger charge is 2.08. The first kappa shape index (κ1) is 9.68. The lowest BCUT2D eigenvalue weighted by Gasteiger charge is -2.05. The van der Waals surface area contributed by atoms with Crippen molar-refractivity contribution in [2.24, 2.45) is 0 Å². The van der Waals surface area contributed by atoms with Gasteiger partial charge in [0, 0.05) is 23.1 Å². The van der Waals surface area contributed by atoms with Crippen LogP contribution in [0.15, 0.2) is 29.1 Å². The van der Waals surface area contributed by atoms with E-state index in [4.69, 9.17) is 11.0 Å². The van der Waals surface area contributed by atoms with Crippen LogP contribution < -0.4 is 5.73 Å². The normalized spacial score (nSPS) is 9.87. The SMILES string of the molecule is N#Cc1nccn1-c1ncc(Br)cc1N. The van der Waals surface area contributed by atoms with E-state index >= 15 is 0 Å². The molecule has 5 nitrogen and oxygen atoms in total. The van der Waals surface area contributed by atoms with Gasteiger partial charge in [-0.2, -0.15) is 5.26 Å². The van der Waals surface area contributed by atoms with E-state index in [9.17, 15) is 0 Å². The van der Waals surface area contributed by atoms with Gasteiger partial charge in [0.2, 0.25) is 5.82 Å². The number of halogens is 1. The van der Waals surface area contributed by atoms with Crippen molar-refractivity contribution in [1.82, 2.24) is 14.5 Å². The summed E-state index contributed by atoms with van der Waals surface area (Å²) in [4.78, 5) is 8.00. The fourth-order valence-electron chi connectivity index (χ4n) is 1.21. The molecule has 0 amide bonds. The molecule has 2 aromatic rings. The zero-order chi connectivity index (χ0) is 10.8. The molecule has 15 heavy (non-hydrogen) atoms. The Bertz CT molecular complexity index is 540. The number of hydrogen-bond donors (Lipinski definition) is 1. The topological polar surface area (TPSA) is 80.5 Å². The molecule has 0 aliphatic carbocycles. The summed E-state index contributed by atoms with van der Waals surface area (Å²) in [6.45, 7) is 0. The van der Waals surface area contributed by atoms with E-state index in [0.29, 0.717) is 11.5 Å². The van der Waals surface area contributed by atoms with E-state index in [1.54, 1.807) is 23.0 Å². The number of aromatic nitrogens is 3. The van der Waals surface area contributed by atoms with Gasteiger partial charge in [0.15, 0.2) is 5.82 Å². The van der Waals surface area contributed by atoms with Crippen LogP contribution in [-0.4, -0.2) is 14.5 Å². The number of rotatable bonds is 1. The molecule has 0 aromatic carbocycles. The maximum absolute atomic E-state index is 8.80. The predicted octanol–water partition coefficient (Wildman–Crippen LogP) is 1.48. The van der Waals surface area contributed by atoms with Gasteiger partial charge in [-0.15, -0.1) is 0 Å². The summed E-state index contributed by atoms with van der Waals surface area (Å²) in [7, 11) is 0. The van der Waals surface area contributed by atoms with Gasteiger partial charge >= 0.3 is 0 Å². The molecule has 0 aliphatic heterocycles. The second-order valence-electron chi connectivity index (χ2n) is 2.80. The molecule has 2 aromatic heterocycles. The summed E-state index contributed by atoms with van der Waals surface area (Å²) in [5, 5.41) is 8.80. The molecule has 2 heterocycles. The van der Waals surface area contributed by atoms with Crippen LogP contribution in [0.2, 0.25) is 0 Å². The molecule has 0 spiro atoms. The minimum absolute atomic E-state index is 0.261. The molecule has 0 unspecified atom stereocenters. The van der Waals surface area contributed by atoms with Crippen molar-refractivity contribution in [3.63, 3.8) is 0 Å². The van der Waals surface area contributed by atoms with Crippen molar-refractivity contribution in [3.05, 3.63) is 35.0 Å². The van der Waals surface area contributed by atoms with Crippen LogP contribution in [0, 0.1) is 11.3 Å². The van der Waals surface area contributed by atoms with Crippen LogP contribution in [-0.2, 0) is 0 Å². The molecule has 0 saturated carbocycles. The van der Waals surface area contributed by atoms with Crippen molar-refractivity contribution >= 4 is 21.6 Å².